The lowest BCUT2D eigenvalue weighted by atomic mass is 9.72. The van der Waals surface area contributed by atoms with Crippen molar-refractivity contribution in [1.82, 2.24) is 0 Å². The van der Waals surface area contributed by atoms with E-state index in [0.29, 0.717) is 5.92 Å². The van der Waals surface area contributed by atoms with Gasteiger partial charge in [-0.15, -0.1) is 0 Å². The minimum atomic E-state index is -0.562. The van der Waals surface area contributed by atoms with Gasteiger partial charge in [-0.25, -0.2) is 0 Å². The molecule has 0 saturated carbocycles. The highest BCUT2D eigenvalue weighted by atomic mass is 16.4. The standard InChI is InChI=1S/C18H36O2/c1-5-8-10-11-12-16(4)15-18(13-7-3,17(19)20)14-9-6-2/h16H,5-15H2,1-4H3,(H,19,20). The Kier molecular flexibility index (Phi) is 10.9. The van der Waals surface area contributed by atoms with Crippen LogP contribution in [0.25, 0.3) is 0 Å². The van der Waals surface area contributed by atoms with Crippen molar-refractivity contribution in [2.75, 3.05) is 0 Å². The first kappa shape index (κ1) is 19.5. The van der Waals surface area contributed by atoms with Gasteiger partial charge in [0.05, 0.1) is 5.41 Å². The number of carbonyl (C=O) groups is 1. The lowest BCUT2D eigenvalue weighted by molar-refractivity contribution is -0.151. The molecule has 0 spiro atoms. The zero-order valence-corrected chi connectivity index (χ0v) is 14.2. The van der Waals surface area contributed by atoms with Crippen molar-refractivity contribution in [3.05, 3.63) is 0 Å². The summed E-state index contributed by atoms with van der Waals surface area (Å²) in [5.41, 5.74) is -0.463. The van der Waals surface area contributed by atoms with Crippen LogP contribution in [-0.2, 0) is 4.79 Å². The van der Waals surface area contributed by atoms with Crippen molar-refractivity contribution in [1.29, 1.82) is 0 Å². The molecule has 2 nitrogen and oxygen atoms in total. The largest absolute Gasteiger partial charge is 0.481 e. The van der Waals surface area contributed by atoms with Crippen LogP contribution in [0.2, 0.25) is 0 Å². The van der Waals surface area contributed by atoms with E-state index in [4.69, 9.17) is 0 Å². The average Bonchev–Trinajstić information content (AvgIpc) is 2.41. The van der Waals surface area contributed by atoms with Gasteiger partial charge < -0.3 is 5.11 Å². The summed E-state index contributed by atoms with van der Waals surface area (Å²) in [6.45, 7) is 8.72. The third kappa shape index (κ3) is 7.31. The molecule has 0 aliphatic carbocycles. The Morgan fingerprint density at radius 1 is 0.950 bits per heavy atom. The predicted molar refractivity (Wildman–Crippen MR) is 87.0 cm³/mol. The topological polar surface area (TPSA) is 37.3 Å². The molecule has 0 rings (SSSR count). The van der Waals surface area contributed by atoms with E-state index in [9.17, 15) is 9.90 Å². The van der Waals surface area contributed by atoms with Crippen LogP contribution in [0.15, 0.2) is 0 Å². The van der Waals surface area contributed by atoms with E-state index < -0.39 is 11.4 Å². The summed E-state index contributed by atoms with van der Waals surface area (Å²) in [4.78, 5) is 11.8. The van der Waals surface area contributed by atoms with Gasteiger partial charge in [0.1, 0.15) is 0 Å². The first-order valence-electron chi connectivity index (χ1n) is 8.75. The molecule has 0 aromatic rings. The highest BCUT2D eigenvalue weighted by Crippen LogP contribution is 2.38. The van der Waals surface area contributed by atoms with Crippen LogP contribution < -0.4 is 0 Å². The van der Waals surface area contributed by atoms with E-state index in [0.717, 1.165) is 38.5 Å². The number of hydrogen-bond acceptors (Lipinski definition) is 1. The molecule has 1 N–H and O–H groups in total. The Morgan fingerprint density at radius 2 is 1.60 bits per heavy atom. The van der Waals surface area contributed by atoms with Gasteiger partial charge in [-0.2, -0.15) is 0 Å². The predicted octanol–water partition coefficient (Wildman–Crippen LogP) is 6.04. The second-order valence-corrected chi connectivity index (χ2v) is 6.60. The van der Waals surface area contributed by atoms with Gasteiger partial charge in [0.25, 0.3) is 0 Å². The smallest absolute Gasteiger partial charge is 0.309 e. The molecular weight excluding hydrogens is 248 g/mol. The van der Waals surface area contributed by atoms with Crippen molar-refractivity contribution >= 4 is 5.97 Å². The normalized spacial score (nSPS) is 15.8. The Hall–Kier alpha value is -0.530. The van der Waals surface area contributed by atoms with Crippen molar-refractivity contribution in [3.63, 3.8) is 0 Å². The molecule has 0 aliphatic heterocycles. The van der Waals surface area contributed by atoms with Crippen LogP contribution in [0.3, 0.4) is 0 Å². The lowest BCUT2D eigenvalue weighted by Crippen LogP contribution is -2.33. The number of carboxylic acid groups (broad SMARTS) is 1. The summed E-state index contributed by atoms with van der Waals surface area (Å²) >= 11 is 0. The van der Waals surface area contributed by atoms with Gasteiger partial charge in [-0.05, 0) is 25.2 Å². The SMILES string of the molecule is CCCCCCC(C)CC(CCC)(CCCC)C(=O)O. The molecule has 0 bridgehead atoms. The fourth-order valence-corrected chi connectivity index (χ4v) is 3.31. The molecule has 0 radical (unpaired) electrons. The summed E-state index contributed by atoms with van der Waals surface area (Å²) in [6, 6.07) is 0. The van der Waals surface area contributed by atoms with Gasteiger partial charge in [0.15, 0.2) is 0 Å². The molecule has 0 aromatic heterocycles. The van der Waals surface area contributed by atoms with Crippen molar-refractivity contribution in [2.45, 2.75) is 98.3 Å². The van der Waals surface area contributed by atoms with Gasteiger partial charge in [0.2, 0.25) is 0 Å². The Morgan fingerprint density at radius 3 is 2.10 bits per heavy atom. The molecule has 2 atom stereocenters. The van der Waals surface area contributed by atoms with Crippen LogP contribution in [0.5, 0.6) is 0 Å². The van der Waals surface area contributed by atoms with E-state index in [-0.39, 0.29) is 0 Å². The van der Waals surface area contributed by atoms with E-state index in [1.54, 1.807) is 0 Å². The van der Waals surface area contributed by atoms with Gasteiger partial charge in [-0.1, -0.05) is 79.1 Å². The zero-order valence-electron chi connectivity index (χ0n) is 14.2. The maximum Gasteiger partial charge on any atom is 0.309 e. The first-order chi connectivity index (χ1) is 9.52. The molecule has 2 unspecified atom stereocenters. The van der Waals surface area contributed by atoms with Crippen LogP contribution in [0.4, 0.5) is 0 Å². The number of rotatable bonds is 13. The van der Waals surface area contributed by atoms with Gasteiger partial charge >= 0.3 is 5.97 Å². The van der Waals surface area contributed by atoms with E-state index in [2.05, 4.69) is 27.7 Å². The molecule has 0 heterocycles. The summed E-state index contributed by atoms with van der Waals surface area (Å²) in [5.74, 6) is -0.0282. The third-order valence-corrected chi connectivity index (χ3v) is 4.48. The van der Waals surface area contributed by atoms with E-state index in [1.807, 2.05) is 0 Å². The molecule has 0 saturated heterocycles. The minimum Gasteiger partial charge on any atom is -0.481 e. The second kappa shape index (κ2) is 11.2. The van der Waals surface area contributed by atoms with Crippen LogP contribution in [0.1, 0.15) is 98.3 Å². The molecule has 2 heteroatoms. The maximum absolute atomic E-state index is 11.8. The van der Waals surface area contributed by atoms with Crippen LogP contribution in [-0.4, -0.2) is 11.1 Å². The second-order valence-electron chi connectivity index (χ2n) is 6.60. The number of hydrogen-bond donors (Lipinski definition) is 1. The zero-order chi connectivity index (χ0) is 15.4. The van der Waals surface area contributed by atoms with Crippen LogP contribution in [0, 0.1) is 11.3 Å². The highest BCUT2D eigenvalue weighted by Gasteiger charge is 2.37. The fraction of sp³-hybridized carbons (Fsp3) is 0.944. The fourth-order valence-electron chi connectivity index (χ4n) is 3.31. The average molecular weight is 284 g/mol. The number of carboxylic acids is 1. The first-order valence-corrected chi connectivity index (χ1v) is 8.75. The van der Waals surface area contributed by atoms with Crippen LogP contribution >= 0.6 is 0 Å². The monoisotopic (exact) mass is 284 g/mol. The minimum absolute atomic E-state index is 0.463. The third-order valence-electron chi connectivity index (χ3n) is 4.48. The van der Waals surface area contributed by atoms with E-state index in [1.165, 1.54) is 32.1 Å². The molecule has 0 aliphatic rings. The Bertz CT molecular complexity index is 250. The maximum atomic E-state index is 11.8. The molecule has 120 valence electrons. The Balaban J connectivity index is 4.48. The highest BCUT2D eigenvalue weighted by molar-refractivity contribution is 5.74. The Labute approximate surface area is 126 Å². The number of unbranched alkanes of at least 4 members (excludes halogenated alkanes) is 4. The van der Waals surface area contributed by atoms with E-state index >= 15 is 0 Å². The molecule has 0 amide bonds. The molecule has 0 fully saturated rings. The summed E-state index contributed by atoms with van der Waals surface area (Å²) < 4.78 is 0. The number of aliphatic carboxylic acids is 1. The molecule has 0 aromatic carbocycles. The molecular formula is C18H36O2. The van der Waals surface area contributed by atoms with Crippen molar-refractivity contribution < 1.29 is 9.90 Å². The summed E-state index contributed by atoms with van der Waals surface area (Å²) in [5, 5.41) is 9.74. The van der Waals surface area contributed by atoms with Gasteiger partial charge in [0, 0.05) is 0 Å². The quantitative estimate of drug-likeness (QED) is 0.418. The van der Waals surface area contributed by atoms with Gasteiger partial charge in [-0.3, -0.25) is 4.79 Å². The molecule has 20 heavy (non-hydrogen) atoms. The van der Waals surface area contributed by atoms with Crippen molar-refractivity contribution in [3.8, 4) is 0 Å². The van der Waals surface area contributed by atoms with Crippen molar-refractivity contribution in [2.24, 2.45) is 11.3 Å². The summed E-state index contributed by atoms with van der Waals surface area (Å²) in [7, 11) is 0. The summed E-state index contributed by atoms with van der Waals surface area (Å²) in [6.07, 6.45) is 12.0. The lowest BCUT2D eigenvalue weighted by Gasteiger charge is -2.32.